The Morgan fingerprint density at radius 3 is 2.72 bits per heavy atom. The maximum absolute atomic E-state index is 12.1. The van der Waals surface area contributed by atoms with Crippen LogP contribution in [-0.2, 0) is 23.2 Å². The third kappa shape index (κ3) is 3.43. The third-order valence-corrected chi connectivity index (χ3v) is 4.38. The summed E-state index contributed by atoms with van der Waals surface area (Å²) in [7, 11) is 3.12. The molecule has 25 heavy (non-hydrogen) atoms. The van der Waals surface area contributed by atoms with E-state index in [4.69, 9.17) is 14.0 Å². The van der Waals surface area contributed by atoms with Gasteiger partial charge in [0.25, 0.3) is 0 Å². The molecule has 1 unspecified atom stereocenters. The fourth-order valence-corrected chi connectivity index (χ4v) is 3.08. The first kappa shape index (κ1) is 17.2. The summed E-state index contributed by atoms with van der Waals surface area (Å²) in [6.45, 7) is 1.76. The minimum atomic E-state index is -1.14. The van der Waals surface area contributed by atoms with E-state index in [2.05, 4.69) is 15.5 Å². The molecular formula is C17H21N3O5. The SMILES string of the molecule is COc1cc2c(cc1OC)C(O)(CNC(=O)Cc1noc(C)n1)CC2. The Kier molecular flexibility index (Phi) is 4.63. The summed E-state index contributed by atoms with van der Waals surface area (Å²) in [5, 5.41) is 17.4. The van der Waals surface area contributed by atoms with Crippen molar-refractivity contribution >= 4 is 5.91 Å². The highest BCUT2D eigenvalue weighted by atomic mass is 16.5. The van der Waals surface area contributed by atoms with Gasteiger partial charge in [-0.25, -0.2) is 0 Å². The highest BCUT2D eigenvalue weighted by Crippen LogP contribution is 2.42. The van der Waals surface area contributed by atoms with Gasteiger partial charge in [0.1, 0.15) is 5.60 Å². The zero-order valence-corrected chi connectivity index (χ0v) is 14.5. The molecule has 0 fully saturated rings. The molecule has 8 heteroatoms. The standard InChI is InChI=1S/C17H21N3O5/c1-10-19-15(20-25-10)8-16(21)18-9-17(22)5-4-11-6-13(23-2)14(24-3)7-12(11)17/h6-7,22H,4-5,8-9H2,1-3H3,(H,18,21). The van der Waals surface area contributed by atoms with Crippen LogP contribution in [0, 0.1) is 6.92 Å². The fraction of sp³-hybridized carbons (Fsp3) is 0.471. The number of nitrogens with zero attached hydrogens (tertiary/aromatic N) is 2. The molecular weight excluding hydrogens is 326 g/mol. The summed E-state index contributed by atoms with van der Waals surface area (Å²) in [5.41, 5.74) is 0.599. The quantitative estimate of drug-likeness (QED) is 0.799. The number of carbonyl (C=O) groups excluding carboxylic acids is 1. The maximum Gasteiger partial charge on any atom is 0.227 e. The number of ether oxygens (including phenoxy) is 2. The van der Waals surface area contributed by atoms with Crippen LogP contribution in [0.3, 0.4) is 0 Å². The van der Waals surface area contributed by atoms with Gasteiger partial charge in [-0.1, -0.05) is 5.16 Å². The third-order valence-electron chi connectivity index (χ3n) is 4.38. The van der Waals surface area contributed by atoms with E-state index >= 15 is 0 Å². The second-order valence-electron chi connectivity index (χ2n) is 6.08. The number of fused-ring (bicyclic) bond motifs is 1. The van der Waals surface area contributed by atoms with Gasteiger partial charge in [0.15, 0.2) is 17.3 Å². The molecule has 0 bridgehead atoms. The van der Waals surface area contributed by atoms with Crippen LogP contribution in [0.2, 0.25) is 0 Å². The van der Waals surface area contributed by atoms with Gasteiger partial charge in [0.05, 0.1) is 27.2 Å². The number of rotatable bonds is 6. The molecule has 1 aliphatic carbocycles. The van der Waals surface area contributed by atoms with E-state index in [0.717, 1.165) is 11.1 Å². The number of aryl methyl sites for hydroxylation is 2. The maximum atomic E-state index is 12.1. The predicted molar refractivity (Wildman–Crippen MR) is 87.5 cm³/mol. The molecule has 134 valence electrons. The van der Waals surface area contributed by atoms with Crippen LogP contribution in [0.1, 0.15) is 29.3 Å². The molecule has 0 saturated heterocycles. The van der Waals surface area contributed by atoms with Crippen molar-refractivity contribution in [1.82, 2.24) is 15.5 Å². The van der Waals surface area contributed by atoms with Crippen LogP contribution in [0.15, 0.2) is 16.7 Å². The fourth-order valence-electron chi connectivity index (χ4n) is 3.08. The molecule has 0 spiro atoms. The number of aliphatic hydroxyl groups is 1. The minimum absolute atomic E-state index is 0.00616. The summed E-state index contributed by atoms with van der Waals surface area (Å²) in [5.74, 6) is 1.63. The van der Waals surface area contributed by atoms with E-state index in [1.54, 1.807) is 27.2 Å². The number of nitrogens with one attached hydrogen (secondary N) is 1. The Morgan fingerprint density at radius 1 is 1.36 bits per heavy atom. The van der Waals surface area contributed by atoms with E-state index in [9.17, 15) is 9.90 Å². The molecule has 1 amide bonds. The second-order valence-corrected chi connectivity index (χ2v) is 6.08. The molecule has 2 N–H and O–H groups in total. The van der Waals surface area contributed by atoms with E-state index in [0.29, 0.717) is 36.1 Å². The van der Waals surface area contributed by atoms with Crippen molar-refractivity contribution in [1.29, 1.82) is 0 Å². The average molecular weight is 347 g/mol. The van der Waals surface area contributed by atoms with Crippen LogP contribution in [-0.4, -0.2) is 41.9 Å². The van der Waals surface area contributed by atoms with Crippen molar-refractivity contribution in [2.24, 2.45) is 0 Å². The first-order valence-electron chi connectivity index (χ1n) is 7.99. The Morgan fingerprint density at radius 2 is 2.08 bits per heavy atom. The van der Waals surface area contributed by atoms with Gasteiger partial charge < -0.3 is 24.4 Å². The van der Waals surface area contributed by atoms with Gasteiger partial charge in [-0.2, -0.15) is 4.98 Å². The molecule has 1 aromatic heterocycles. The molecule has 3 rings (SSSR count). The lowest BCUT2D eigenvalue weighted by Gasteiger charge is -2.25. The van der Waals surface area contributed by atoms with Crippen LogP contribution < -0.4 is 14.8 Å². The summed E-state index contributed by atoms with van der Waals surface area (Å²) in [6, 6.07) is 3.64. The van der Waals surface area contributed by atoms with Gasteiger partial charge in [0, 0.05) is 6.92 Å². The van der Waals surface area contributed by atoms with Gasteiger partial charge in [-0.15, -0.1) is 0 Å². The lowest BCUT2D eigenvalue weighted by atomic mass is 9.95. The van der Waals surface area contributed by atoms with Gasteiger partial charge in [0.2, 0.25) is 11.8 Å². The number of amides is 1. The second kappa shape index (κ2) is 6.72. The van der Waals surface area contributed by atoms with E-state index < -0.39 is 5.60 Å². The largest absolute Gasteiger partial charge is 0.493 e. The van der Waals surface area contributed by atoms with E-state index in [1.165, 1.54) is 0 Å². The molecule has 1 atom stereocenters. The zero-order chi connectivity index (χ0) is 18.0. The topological polar surface area (TPSA) is 107 Å². The van der Waals surface area contributed by atoms with Crippen molar-refractivity contribution in [3.8, 4) is 11.5 Å². The van der Waals surface area contributed by atoms with Crippen LogP contribution >= 0.6 is 0 Å². The van der Waals surface area contributed by atoms with Crippen LogP contribution in [0.5, 0.6) is 11.5 Å². The monoisotopic (exact) mass is 347 g/mol. The van der Waals surface area contributed by atoms with E-state index in [-0.39, 0.29) is 18.9 Å². The molecule has 0 radical (unpaired) electrons. The molecule has 0 saturated carbocycles. The Balaban J connectivity index is 1.70. The molecule has 2 aromatic rings. The molecule has 1 aliphatic rings. The average Bonchev–Trinajstić information content (AvgIpc) is 3.15. The summed E-state index contributed by atoms with van der Waals surface area (Å²) in [6.07, 6.45) is 1.22. The van der Waals surface area contributed by atoms with Gasteiger partial charge in [-0.3, -0.25) is 4.79 Å². The van der Waals surface area contributed by atoms with Crippen molar-refractivity contribution in [3.05, 3.63) is 35.0 Å². The predicted octanol–water partition coefficient (Wildman–Crippen LogP) is 0.888. The number of aromatic nitrogens is 2. The Hall–Kier alpha value is -2.61. The summed E-state index contributed by atoms with van der Waals surface area (Å²) in [4.78, 5) is 16.1. The number of benzene rings is 1. The minimum Gasteiger partial charge on any atom is -0.493 e. The van der Waals surface area contributed by atoms with Gasteiger partial charge in [-0.05, 0) is 36.1 Å². The summed E-state index contributed by atoms with van der Waals surface area (Å²) >= 11 is 0. The molecule has 0 aliphatic heterocycles. The lowest BCUT2D eigenvalue weighted by Crippen LogP contribution is -2.40. The normalized spacial score (nSPS) is 18.7. The first-order valence-corrected chi connectivity index (χ1v) is 7.99. The Bertz CT molecular complexity index is 789. The number of hydrogen-bond acceptors (Lipinski definition) is 7. The smallest absolute Gasteiger partial charge is 0.227 e. The number of carbonyl (C=O) groups is 1. The first-order chi connectivity index (χ1) is 11.9. The van der Waals surface area contributed by atoms with Crippen molar-refractivity contribution in [2.75, 3.05) is 20.8 Å². The van der Waals surface area contributed by atoms with Crippen molar-refractivity contribution in [3.63, 3.8) is 0 Å². The highest BCUT2D eigenvalue weighted by molar-refractivity contribution is 5.77. The van der Waals surface area contributed by atoms with Gasteiger partial charge >= 0.3 is 0 Å². The molecule has 1 heterocycles. The molecule has 1 aromatic carbocycles. The highest BCUT2D eigenvalue weighted by Gasteiger charge is 2.38. The van der Waals surface area contributed by atoms with E-state index in [1.807, 2.05) is 6.07 Å². The van der Waals surface area contributed by atoms with Crippen LogP contribution in [0.4, 0.5) is 0 Å². The van der Waals surface area contributed by atoms with Crippen LogP contribution in [0.25, 0.3) is 0 Å². The van der Waals surface area contributed by atoms with Crippen molar-refractivity contribution < 1.29 is 23.9 Å². The summed E-state index contributed by atoms with van der Waals surface area (Å²) < 4.78 is 15.4. The number of methoxy groups -OCH3 is 2. The Labute approximate surface area is 145 Å². The molecule has 8 nitrogen and oxygen atoms in total. The number of hydrogen-bond donors (Lipinski definition) is 2. The lowest BCUT2D eigenvalue weighted by molar-refractivity contribution is -0.121. The van der Waals surface area contributed by atoms with Crippen molar-refractivity contribution in [2.45, 2.75) is 31.8 Å². The zero-order valence-electron chi connectivity index (χ0n) is 14.5.